The summed E-state index contributed by atoms with van der Waals surface area (Å²) in [6.45, 7) is 3.54. The number of benzene rings is 1. The van der Waals surface area contributed by atoms with Gasteiger partial charge in [-0.25, -0.2) is 9.78 Å². The van der Waals surface area contributed by atoms with Crippen molar-refractivity contribution in [3.8, 4) is 0 Å². The number of aryl methyl sites for hydroxylation is 1. The Labute approximate surface area is 157 Å². The molecule has 1 aliphatic rings. The Morgan fingerprint density at radius 1 is 1.15 bits per heavy atom. The topological polar surface area (TPSA) is 63.9 Å². The van der Waals surface area contributed by atoms with E-state index in [1.165, 1.54) is 0 Å². The molecule has 6 heteroatoms. The number of ether oxygens (including phenoxy) is 1. The number of carbonyl (C=O) groups is 2. The predicted octanol–water partition coefficient (Wildman–Crippen LogP) is 3.12. The summed E-state index contributed by atoms with van der Waals surface area (Å²) < 4.78 is 7.31. The van der Waals surface area contributed by atoms with Crippen molar-refractivity contribution in [2.75, 3.05) is 6.54 Å². The van der Waals surface area contributed by atoms with Crippen molar-refractivity contribution in [2.45, 2.75) is 32.9 Å². The van der Waals surface area contributed by atoms with Crippen LogP contribution in [0.15, 0.2) is 48.8 Å². The molecule has 0 atom stereocenters. The molecular weight excluding hydrogens is 342 g/mol. The second kappa shape index (κ2) is 7.23. The zero-order valence-corrected chi connectivity index (χ0v) is 15.2. The summed E-state index contributed by atoms with van der Waals surface area (Å²) in [5, 5.41) is 0. The maximum Gasteiger partial charge on any atom is 0.338 e. The number of hydrogen-bond donors (Lipinski definition) is 0. The Balaban J connectivity index is 1.36. The van der Waals surface area contributed by atoms with Crippen LogP contribution in [-0.4, -0.2) is 32.7 Å². The molecule has 0 unspecified atom stereocenters. The van der Waals surface area contributed by atoms with Gasteiger partial charge in [-0.15, -0.1) is 0 Å². The van der Waals surface area contributed by atoms with Gasteiger partial charge in [-0.2, -0.15) is 0 Å². The summed E-state index contributed by atoms with van der Waals surface area (Å²) in [6, 6.07) is 11.2. The zero-order valence-electron chi connectivity index (χ0n) is 15.2. The molecule has 0 spiro atoms. The number of aromatic nitrogens is 2. The van der Waals surface area contributed by atoms with Crippen LogP contribution in [0.4, 0.5) is 0 Å². The summed E-state index contributed by atoms with van der Waals surface area (Å²) in [6.07, 6.45) is 5.40. The van der Waals surface area contributed by atoms with Crippen molar-refractivity contribution in [2.24, 2.45) is 0 Å². The first kappa shape index (κ1) is 17.3. The second-order valence-electron chi connectivity index (χ2n) is 6.90. The highest BCUT2D eigenvalue weighted by Gasteiger charge is 2.20. The monoisotopic (exact) mass is 363 g/mol. The molecule has 1 fully saturated rings. The Morgan fingerprint density at radius 2 is 1.96 bits per heavy atom. The van der Waals surface area contributed by atoms with E-state index in [4.69, 9.17) is 4.74 Å². The Morgan fingerprint density at radius 3 is 2.70 bits per heavy atom. The van der Waals surface area contributed by atoms with Crippen LogP contribution in [0.5, 0.6) is 0 Å². The fourth-order valence-corrected chi connectivity index (χ4v) is 3.29. The van der Waals surface area contributed by atoms with E-state index in [-0.39, 0.29) is 18.5 Å². The number of likely N-dealkylation sites (tertiary alicyclic amines) is 1. The summed E-state index contributed by atoms with van der Waals surface area (Å²) in [5.74, 6) is -0.187. The smallest absolute Gasteiger partial charge is 0.338 e. The molecule has 0 saturated carbocycles. The van der Waals surface area contributed by atoms with Gasteiger partial charge in [-0.05, 0) is 42.7 Å². The molecule has 2 aromatic heterocycles. The van der Waals surface area contributed by atoms with Crippen LogP contribution >= 0.6 is 0 Å². The van der Waals surface area contributed by atoms with E-state index < -0.39 is 0 Å². The first-order chi connectivity index (χ1) is 13.1. The lowest BCUT2D eigenvalue weighted by molar-refractivity contribution is -0.128. The van der Waals surface area contributed by atoms with Gasteiger partial charge in [0.15, 0.2) is 0 Å². The highest BCUT2D eigenvalue weighted by molar-refractivity contribution is 5.89. The standard InChI is InChI=1S/C21H21N3O3/c1-15-4-9-19-22-18(13-24(19)11-15)14-27-21(26)17-7-5-16(6-8-17)12-23-10-2-3-20(23)25/h4-9,11,13H,2-3,10,12,14H2,1H3. The minimum Gasteiger partial charge on any atom is -0.456 e. The highest BCUT2D eigenvalue weighted by Crippen LogP contribution is 2.15. The molecule has 4 rings (SSSR count). The molecule has 27 heavy (non-hydrogen) atoms. The number of rotatable bonds is 5. The molecule has 3 aromatic rings. The second-order valence-corrected chi connectivity index (χ2v) is 6.90. The molecule has 3 heterocycles. The molecule has 138 valence electrons. The van der Waals surface area contributed by atoms with Gasteiger partial charge in [-0.3, -0.25) is 4.79 Å². The number of carbonyl (C=O) groups excluding carboxylic acids is 2. The lowest BCUT2D eigenvalue weighted by Gasteiger charge is -2.15. The maximum atomic E-state index is 12.3. The molecule has 1 aromatic carbocycles. The predicted molar refractivity (Wildman–Crippen MR) is 100 cm³/mol. The van der Waals surface area contributed by atoms with Crippen LogP contribution < -0.4 is 0 Å². The van der Waals surface area contributed by atoms with Crippen molar-refractivity contribution < 1.29 is 14.3 Å². The van der Waals surface area contributed by atoms with Crippen LogP contribution in [0, 0.1) is 6.92 Å². The number of imidazole rings is 1. The van der Waals surface area contributed by atoms with Crippen molar-refractivity contribution in [1.29, 1.82) is 0 Å². The average Bonchev–Trinajstić information content (AvgIpc) is 3.25. The lowest BCUT2D eigenvalue weighted by Crippen LogP contribution is -2.23. The number of fused-ring (bicyclic) bond motifs is 1. The highest BCUT2D eigenvalue weighted by atomic mass is 16.5. The van der Waals surface area contributed by atoms with E-state index in [0.717, 1.165) is 29.7 Å². The Kier molecular flexibility index (Phi) is 4.62. The molecule has 0 bridgehead atoms. The number of amides is 1. The van der Waals surface area contributed by atoms with Gasteiger partial charge in [-0.1, -0.05) is 18.2 Å². The van der Waals surface area contributed by atoms with Crippen LogP contribution in [0.25, 0.3) is 5.65 Å². The first-order valence-electron chi connectivity index (χ1n) is 9.06. The van der Waals surface area contributed by atoms with E-state index >= 15 is 0 Å². The number of pyridine rings is 1. The molecule has 0 aliphatic carbocycles. The van der Waals surface area contributed by atoms with Gasteiger partial charge < -0.3 is 14.0 Å². The van der Waals surface area contributed by atoms with E-state index in [9.17, 15) is 9.59 Å². The van der Waals surface area contributed by atoms with Crippen LogP contribution in [0.3, 0.4) is 0 Å². The largest absolute Gasteiger partial charge is 0.456 e. The first-order valence-corrected chi connectivity index (χ1v) is 9.06. The lowest BCUT2D eigenvalue weighted by atomic mass is 10.1. The number of hydrogen-bond acceptors (Lipinski definition) is 4. The third-order valence-electron chi connectivity index (χ3n) is 4.73. The van der Waals surface area contributed by atoms with E-state index in [0.29, 0.717) is 24.2 Å². The van der Waals surface area contributed by atoms with Gasteiger partial charge in [0.05, 0.1) is 11.3 Å². The quantitative estimate of drug-likeness (QED) is 0.654. The van der Waals surface area contributed by atoms with Crippen LogP contribution in [0.1, 0.15) is 40.0 Å². The fourth-order valence-electron chi connectivity index (χ4n) is 3.29. The molecule has 1 amide bonds. The SMILES string of the molecule is Cc1ccc2nc(COC(=O)c3ccc(CN4CCCC4=O)cc3)cn2c1. The minimum absolute atomic E-state index is 0.129. The van der Waals surface area contributed by atoms with Crippen molar-refractivity contribution >= 4 is 17.5 Å². The van der Waals surface area contributed by atoms with Crippen LogP contribution in [0.2, 0.25) is 0 Å². The third-order valence-corrected chi connectivity index (χ3v) is 4.73. The minimum atomic E-state index is -0.382. The van der Waals surface area contributed by atoms with Crippen LogP contribution in [-0.2, 0) is 22.7 Å². The van der Waals surface area contributed by atoms with Crippen molar-refractivity contribution in [1.82, 2.24) is 14.3 Å². The van der Waals surface area contributed by atoms with Gasteiger partial charge in [0.25, 0.3) is 0 Å². The van der Waals surface area contributed by atoms with E-state index in [1.54, 1.807) is 12.1 Å². The molecule has 0 N–H and O–H groups in total. The summed E-state index contributed by atoms with van der Waals surface area (Å²) >= 11 is 0. The van der Waals surface area contributed by atoms with Gasteiger partial charge in [0, 0.05) is 31.9 Å². The number of nitrogens with zero attached hydrogens (tertiary/aromatic N) is 3. The zero-order chi connectivity index (χ0) is 18.8. The normalized spacial score (nSPS) is 14.1. The van der Waals surface area contributed by atoms with Gasteiger partial charge in [0.1, 0.15) is 12.3 Å². The molecule has 0 radical (unpaired) electrons. The Hall–Kier alpha value is -3.15. The van der Waals surface area contributed by atoms with Crippen molar-refractivity contribution in [3.63, 3.8) is 0 Å². The van der Waals surface area contributed by atoms with Crippen molar-refractivity contribution in [3.05, 3.63) is 71.2 Å². The molecular formula is C21H21N3O3. The summed E-state index contributed by atoms with van der Waals surface area (Å²) in [7, 11) is 0. The molecule has 1 aliphatic heterocycles. The van der Waals surface area contributed by atoms with Gasteiger partial charge in [0.2, 0.25) is 5.91 Å². The third kappa shape index (κ3) is 3.84. The van der Waals surface area contributed by atoms with Gasteiger partial charge >= 0.3 is 5.97 Å². The molecule has 1 saturated heterocycles. The Bertz CT molecular complexity index is 992. The molecule has 6 nitrogen and oxygen atoms in total. The fraction of sp³-hybridized carbons (Fsp3) is 0.286. The summed E-state index contributed by atoms with van der Waals surface area (Å²) in [5.41, 5.74) is 4.17. The summed E-state index contributed by atoms with van der Waals surface area (Å²) in [4.78, 5) is 30.3. The maximum absolute atomic E-state index is 12.3. The van der Waals surface area contributed by atoms with E-state index in [2.05, 4.69) is 4.98 Å². The average molecular weight is 363 g/mol. The number of esters is 1. The van der Waals surface area contributed by atoms with E-state index in [1.807, 2.05) is 52.9 Å².